The number of Topliss-reactive ketones (excluding diaryl/α,β-unsaturated/α-hetero) is 1. The van der Waals surface area contributed by atoms with Gasteiger partial charge in [-0.25, -0.2) is 4.79 Å². The van der Waals surface area contributed by atoms with Crippen molar-refractivity contribution in [3.63, 3.8) is 0 Å². The van der Waals surface area contributed by atoms with Crippen LogP contribution in [0.4, 0.5) is 0 Å². The molecule has 0 spiro atoms. The van der Waals surface area contributed by atoms with Crippen molar-refractivity contribution in [2.45, 2.75) is 25.6 Å². The van der Waals surface area contributed by atoms with Crippen LogP contribution in [0.5, 0.6) is 0 Å². The molecule has 0 aromatic heterocycles. The summed E-state index contributed by atoms with van der Waals surface area (Å²) in [6.07, 6.45) is 0.0337. The van der Waals surface area contributed by atoms with E-state index in [2.05, 4.69) is 0 Å². The first kappa shape index (κ1) is 15.2. The topological polar surface area (TPSA) is 67.2 Å². The maximum Gasteiger partial charge on any atom is 0.338 e. The molecule has 1 unspecified atom stereocenters. The van der Waals surface area contributed by atoms with E-state index in [0.717, 1.165) is 0 Å². The molecule has 1 atom stereocenters. The summed E-state index contributed by atoms with van der Waals surface area (Å²) in [7, 11) is 0. The fourth-order valence-electron chi connectivity index (χ4n) is 1.62. The molecule has 0 aliphatic carbocycles. The minimum atomic E-state index is -0.650. The molecule has 0 saturated carbocycles. The summed E-state index contributed by atoms with van der Waals surface area (Å²) in [5.41, 5.74) is 1.17. The van der Waals surface area contributed by atoms with Crippen molar-refractivity contribution in [2.24, 2.45) is 0 Å². The Morgan fingerprint density at radius 3 is 2.68 bits per heavy atom. The summed E-state index contributed by atoms with van der Waals surface area (Å²) < 4.78 is 4.90. The summed E-state index contributed by atoms with van der Waals surface area (Å²) in [6, 6.07) is 6.51. The summed E-state index contributed by atoms with van der Waals surface area (Å²) in [5, 5.41) is 8.13. The molecule has 0 aliphatic heterocycles. The van der Waals surface area contributed by atoms with Crippen LogP contribution in [0.2, 0.25) is 0 Å². The molecule has 0 aliphatic rings. The molecule has 0 bridgehead atoms. The Balaban J connectivity index is 3.18. The van der Waals surface area contributed by atoms with Crippen molar-refractivity contribution in [3.8, 4) is 6.07 Å². The van der Waals surface area contributed by atoms with Gasteiger partial charge in [0, 0.05) is 5.56 Å². The molecule has 0 radical (unpaired) electrons. The quantitative estimate of drug-likeness (QED) is 0.472. The molecule has 5 heteroatoms. The van der Waals surface area contributed by atoms with Crippen LogP contribution in [0.3, 0.4) is 0 Å². The summed E-state index contributed by atoms with van der Waals surface area (Å²) in [5.74, 6) is -0.734. The van der Waals surface area contributed by atoms with E-state index < -0.39 is 11.3 Å². The van der Waals surface area contributed by atoms with Crippen LogP contribution in [0.15, 0.2) is 18.2 Å². The van der Waals surface area contributed by atoms with E-state index in [4.69, 9.17) is 21.6 Å². The predicted molar refractivity (Wildman–Crippen MR) is 71.4 cm³/mol. The molecule has 100 valence electrons. The largest absolute Gasteiger partial charge is 0.462 e. The Hall–Kier alpha value is -1.86. The molecular weight excluding hydrogens is 266 g/mol. The molecular formula is C14H14ClNO3. The van der Waals surface area contributed by atoms with E-state index in [1.807, 2.05) is 6.07 Å². The monoisotopic (exact) mass is 279 g/mol. The van der Waals surface area contributed by atoms with Gasteiger partial charge in [0.05, 0.1) is 30.0 Å². The molecule has 1 aromatic carbocycles. The average Bonchev–Trinajstić information content (AvgIpc) is 2.38. The average molecular weight is 280 g/mol. The number of carbonyl (C=O) groups excluding carboxylic acids is 2. The Morgan fingerprint density at radius 2 is 2.16 bits per heavy atom. The van der Waals surface area contributed by atoms with Gasteiger partial charge in [-0.3, -0.25) is 4.79 Å². The minimum absolute atomic E-state index is 0.0337. The van der Waals surface area contributed by atoms with Crippen molar-refractivity contribution in [3.05, 3.63) is 34.9 Å². The minimum Gasteiger partial charge on any atom is -0.462 e. The maximum atomic E-state index is 11.8. The number of nitriles is 1. The van der Waals surface area contributed by atoms with Crippen molar-refractivity contribution in [1.82, 2.24) is 0 Å². The van der Waals surface area contributed by atoms with Gasteiger partial charge in [0.2, 0.25) is 0 Å². The molecule has 0 heterocycles. The van der Waals surface area contributed by atoms with Crippen molar-refractivity contribution < 1.29 is 14.3 Å². The van der Waals surface area contributed by atoms with Crippen LogP contribution < -0.4 is 0 Å². The van der Waals surface area contributed by atoms with Gasteiger partial charge >= 0.3 is 5.97 Å². The van der Waals surface area contributed by atoms with Gasteiger partial charge in [0.15, 0.2) is 5.78 Å². The van der Waals surface area contributed by atoms with Gasteiger partial charge in [-0.2, -0.15) is 5.26 Å². The number of esters is 1. The zero-order chi connectivity index (χ0) is 14.4. The number of rotatable bonds is 5. The third-order valence-electron chi connectivity index (χ3n) is 2.52. The Bertz CT molecular complexity index is 532. The molecule has 1 rings (SSSR count). The second kappa shape index (κ2) is 6.91. The maximum absolute atomic E-state index is 11.8. The van der Waals surface area contributed by atoms with Gasteiger partial charge in [0.1, 0.15) is 0 Å². The highest BCUT2D eigenvalue weighted by atomic mass is 35.5. The predicted octanol–water partition coefficient (Wildman–Crippen LogP) is 2.74. The van der Waals surface area contributed by atoms with Gasteiger partial charge < -0.3 is 4.74 Å². The van der Waals surface area contributed by atoms with Crippen LogP contribution in [0.1, 0.15) is 40.1 Å². The molecule has 0 fully saturated rings. The van der Waals surface area contributed by atoms with Gasteiger partial charge in [-0.05, 0) is 31.5 Å². The number of ketones is 1. The highest BCUT2D eigenvalue weighted by Gasteiger charge is 2.17. The standard InChI is InChI=1S/C14H14ClNO3/c1-3-19-14(18)12-5-4-11(13(17)9(2)15)8-10(12)6-7-16/h4-5,8-9H,3,6H2,1-2H3. The SMILES string of the molecule is CCOC(=O)c1ccc(C(=O)C(C)Cl)cc1CC#N. The zero-order valence-electron chi connectivity index (χ0n) is 10.8. The van der Waals surface area contributed by atoms with Gasteiger partial charge in [0.25, 0.3) is 0 Å². The summed E-state index contributed by atoms with van der Waals surface area (Å²) >= 11 is 5.74. The third kappa shape index (κ3) is 3.80. The van der Waals surface area contributed by atoms with Crippen molar-refractivity contribution in [1.29, 1.82) is 5.26 Å². The van der Waals surface area contributed by atoms with E-state index in [0.29, 0.717) is 16.7 Å². The molecule has 0 saturated heterocycles. The second-order valence-corrected chi connectivity index (χ2v) is 4.56. The number of benzene rings is 1. The van der Waals surface area contributed by atoms with E-state index in [9.17, 15) is 9.59 Å². The van der Waals surface area contributed by atoms with Crippen LogP contribution in [0, 0.1) is 11.3 Å². The lowest BCUT2D eigenvalue weighted by atomic mass is 9.99. The van der Waals surface area contributed by atoms with Crippen LogP contribution in [0.25, 0.3) is 0 Å². The first-order valence-electron chi connectivity index (χ1n) is 5.86. The van der Waals surface area contributed by atoms with Crippen LogP contribution in [-0.2, 0) is 11.2 Å². The zero-order valence-corrected chi connectivity index (χ0v) is 11.5. The molecule has 0 N–H and O–H groups in total. The van der Waals surface area contributed by atoms with E-state index >= 15 is 0 Å². The van der Waals surface area contributed by atoms with E-state index in [1.165, 1.54) is 18.2 Å². The molecule has 1 aromatic rings. The lowest BCUT2D eigenvalue weighted by Gasteiger charge is -2.09. The first-order valence-corrected chi connectivity index (χ1v) is 6.30. The van der Waals surface area contributed by atoms with Crippen molar-refractivity contribution >= 4 is 23.4 Å². The first-order chi connectivity index (χ1) is 9.01. The van der Waals surface area contributed by atoms with Crippen LogP contribution in [-0.4, -0.2) is 23.7 Å². The number of ether oxygens (including phenoxy) is 1. The number of halogens is 1. The summed E-state index contributed by atoms with van der Waals surface area (Å²) in [4.78, 5) is 23.5. The van der Waals surface area contributed by atoms with E-state index in [-0.39, 0.29) is 18.8 Å². The molecule has 19 heavy (non-hydrogen) atoms. The molecule has 0 amide bonds. The normalized spacial score (nSPS) is 11.5. The van der Waals surface area contributed by atoms with E-state index in [1.54, 1.807) is 13.8 Å². The summed E-state index contributed by atoms with van der Waals surface area (Å²) in [6.45, 7) is 3.53. The Labute approximate surface area is 116 Å². The number of nitrogens with zero attached hydrogens (tertiary/aromatic N) is 1. The number of hydrogen-bond donors (Lipinski definition) is 0. The van der Waals surface area contributed by atoms with Gasteiger partial charge in [-0.1, -0.05) is 6.07 Å². The number of carbonyl (C=O) groups is 2. The fourth-order valence-corrected chi connectivity index (χ4v) is 1.74. The lowest BCUT2D eigenvalue weighted by Crippen LogP contribution is -2.13. The van der Waals surface area contributed by atoms with Crippen molar-refractivity contribution in [2.75, 3.05) is 6.61 Å². The van der Waals surface area contributed by atoms with Gasteiger partial charge in [-0.15, -0.1) is 11.6 Å². The number of alkyl halides is 1. The molecule has 4 nitrogen and oxygen atoms in total. The fraction of sp³-hybridized carbons (Fsp3) is 0.357. The third-order valence-corrected chi connectivity index (χ3v) is 2.71. The smallest absolute Gasteiger partial charge is 0.338 e. The number of hydrogen-bond acceptors (Lipinski definition) is 4. The van der Waals surface area contributed by atoms with Crippen LogP contribution >= 0.6 is 11.6 Å². The Morgan fingerprint density at radius 1 is 1.47 bits per heavy atom. The second-order valence-electron chi connectivity index (χ2n) is 3.91. The highest BCUT2D eigenvalue weighted by molar-refractivity contribution is 6.33. The highest BCUT2D eigenvalue weighted by Crippen LogP contribution is 2.17. The lowest BCUT2D eigenvalue weighted by molar-refractivity contribution is 0.0525. The Kier molecular flexibility index (Phi) is 5.53.